The molecule has 0 aliphatic carbocycles. The van der Waals surface area contributed by atoms with Gasteiger partial charge >= 0.3 is 0 Å². The second-order valence-electron chi connectivity index (χ2n) is 4.54. The molecule has 0 N–H and O–H groups in total. The van der Waals surface area contributed by atoms with Gasteiger partial charge in [0.2, 0.25) is 5.91 Å². The van der Waals surface area contributed by atoms with Crippen molar-refractivity contribution in [3.8, 4) is 0 Å². The van der Waals surface area contributed by atoms with Gasteiger partial charge in [0.05, 0.1) is 12.2 Å². The van der Waals surface area contributed by atoms with Gasteiger partial charge in [-0.1, -0.05) is 0 Å². The van der Waals surface area contributed by atoms with Crippen LogP contribution in [0.4, 0.5) is 0 Å². The highest BCUT2D eigenvalue weighted by Gasteiger charge is 2.38. The van der Waals surface area contributed by atoms with Crippen molar-refractivity contribution in [1.82, 2.24) is 4.90 Å². The summed E-state index contributed by atoms with van der Waals surface area (Å²) in [6.07, 6.45) is 2.84. The molecule has 86 valence electrons. The monoisotopic (exact) mass is 213 g/mol. The van der Waals surface area contributed by atoms with Gasteiger partial charge in [-0.05, 0) is 25.7 Å². The van der Waals surface area contributed by atoms with Crippen LogP contribution in [0, 0.1) is 5.92 Å². The van der Waals surface area contributed by atoms with Crippen molar-refractivity contribution in [2.45, 2.75) is 32.0 Å². The summed E-state index contributed by atoms with van der Waals surface area (Å²) in [4.78, 5) is 13.5. The Hall–Kier alpha value is -0.610. The molecule has 0 aromatic carbocycles. The van der Waals surface area contributed by atoms with Gasteiger partial charge in [0, 0.05) is 20.2 Å². The average molecular weight is 213 g/mol. The first-order valence-corrected chi connectivity index (χ1v) is 5.63. The fourth-order valence-corrected chi connectivity index (χ4v) is 2.61. The molecular formula is C11H19NO3. The Morgan fingerprint density at radius 2 is 2.40 bits per heavy atom. The van der Waals surface area contributed by atoms with Crippen molar-refractivity contribution in [3.63, 3.8) is 0 Å². The Balaban J connectivity index is 1.89. The molecule has 0 spiro atoms. The number of nitrogens with zero attached hydrogens (tertiary/aromatic N) is 1. The molecule has 0 radical (unpaired) electrons. The SMILES string of the molecule is COCC(=O)N1CC[C@@H]2C[C@@H](C)O[C@H]2C1. The largest absolute Gasteiger partial charge is 0.375 e. The van der Waals surface area contributed by atoms with E-state index in [1.165, 1.54) is 0 Å². The highest BCUT2D eigenvalue weighted by Crippen LogP contribution is 2.32. The lowest BCUT2D eigenvalue weighted by Crippen LogP contribution is -2.46. The molecular weight excluding hydrogens is 194 g/mol. The Bertz CT molecular complexity index is 244. The lowest BCUT2D eigenvalue weighted by molar-refractivity contribution is -0.139. The minimum absolute atomic E-state index is 0.0825. The summed E-state index contributed by atoms with van der Waals surface area (Å²) in [7, 11) is 1.55. The Labute approximate surface area is 90.5 Å². The third-order valence-electron chi connectivity index (χ3n) is 3.36. The third kappa shape index (κ3) is 2.32. The molecule has 0 saturated carbocycles. The number of fused-ring (bicyclic) bond motifs is 1. The summed E-state index contributed by atoms with van der Waals surface area (Å²) in [6.45, 7) is 3.91. The van der Waals surface area contributed by atoms with Crippen molar-refractivity contribution >= 4 is 5.91 Å². The molecule has 0 aromatic rings. The highest BCUT2D eigenvalue weighted by atomic mass is 16.5. The zero-order chi connectivity index (χ0) is 10.8. The van der Waals surface area contributed by atoms with Gasteiger partial charge in [0.25, 0.3) is 0 Å². The van der Waals surface area contributed by atoms with Crippen molar-refractivity contribution in [2.24, 2.45) is 5.92 Å². The van der Waals surface area contributed by atoms with Crippen LogP contribution in [0.2, 0.25) is 0 Å². The summed E-state index contributed by atoms with van der Waals surface area (Å²) in [6, 6.07) is 0. The quantitative estimate of drug-likeness (QED) is 0.676. The van der Waals surface area contributed by atoms with Crippen molar-refractivity contribution in [3.05, 3.63) is 0 Å². The molecule has 0 unspecified atom stereocenters. The van der Waals surface area contributed by atoms with Gasteiger partial charge in [-0.25, -0.2) is 0 Å². The molecule has 2 rings (SSSR count). The number of methoxy groups -OCH3 is 1. The van der Waals surface area contributed by atoms with Crippen LogP contribution in [0.1, 0.15) is 19.8 Å². The van der Waals surface area contributed by atoms with E-state index in [2.05, 4.69) is 6.92 Å². The zero-order valence-corrected chi connectivity index (χ0v) is 9.44. The van der Waals surface area contributed by atoms with Crippen molar-refractivity contribution < 1.29 is 14.3 Å². The van der Waals surface area contributed by atoms with Crippen molar-refractivity contribution in [2.75, 3.05) is 26.8 Å². The van der Waals surface area contributed by atoms with Crippen LogP contribution in [0.5, 0.6) is 0 Å². The standard InChI is InChI=1S/C11H19NO3/c1-8-5-9-3-4-12(6-10(9)15-8)11(13)7-14-2/h8-10H,3-7H2,1-2H3/t8-,9-,10+/m1/s1. The number of hydrogen-bond donors (Lipinski definition) is 0. The maximum absolute atomic E-state index is 11.6. The summed E-state index contributed by atoms with van der Waals surface area (Å²) >= 11 is 0. The fourth-order valence-electron chi connectivity index (χ4n) is 2.61. The van der Waals surface area contributed by atoms with Gasteiger partial charge in [-0.2, -0.15) is 0 Å². The average Bonchev–Trinajstić information content (AvgIpc) is 2.57. The van der Waals surface area contributed by atoms with Gasteiger partial charge < -0.3 is 14.4 Å². The molecule has 2 aliphatic rings. The van der Waals surface area contributed by atoms with E-state index in [9.17, 15) is 4.79 Å². The lowest BCUT2D eigenvalue weighted by atomic mass is 9.92. The van der Waals surface area contributed by atoms with Crippen LogP contribution >= 0.6 is 0 Å². The van der Waals surface area contributed by atoms with E-state index in [1.807, 2.05) is 4.90 Å². The summed E-state index contributed by atoms with van der Waals surface area (Å²) in [5, 5.41) is 0. The van der Waals surface area contributed by atoms with Crippen LogP contribution in [0.15, 0.2) is 0 Å². The van der Waals surface area contributed by atoms with Gasteiger partial charge in [-0.15, -0.1) is 0 Å². The molecule has 2 fully saturated rings. The molecule has 2 heterocycles. The normalized spacial score (nSPS) is 35.3. The number of likely N-dealkylation sites (tertiary alicyclic amines) is 1. The maximum Gasteiger partial charge on any atom is 0.248 e. The van der Waals surface area contributed by atoms with E-state index in [0.717, 1.165) is 25.9 Å². The second kappa shape index (κ2) is 4.49. The molecule has 4 heteroatoms. The Kier molecular flexibility index (Phi) is 3.26. The highest BCUT2D eigenvalue weighted by molar-refractivity contribution is 5.77. The molecule has 0 aromatic heterocycles. The van der Waals surface area contributed by atoms with E-state index in [-0.39, 0.29) is 18.6 Å². The van der Waals surface area contributed by atoms with Gasteiger partial charge in [0.1, 0.15) is 6.61 Å². The predicted molar refractivity (Wildman–Crippen MR) is 55.5 cm³/mol. The summed E-state index contributed by atoms with van der Waals surface area (Å²) < 4.78 is 10.6. The molecule has 0 bridgehead atoms. The minimum atomic E-state index is 0.0825. The maximum atomic E-state index is 11.6. The number of ether oxygens (including phenoxy) is 2. The minimum Gasteiger partial charge on any atom is -0.375 e. The van der Waals surface area contributed by atoms with Crippen LogP contribution in [-0.2, 0) is 14.3 Å². The molecule has 4 nitrogen and oxygen atoms in total. The van der Waals surface area contributed by atoms with Crippen LogP contribution < -0.4 is 0 Å². The van der Waals surface area contributed by atoms with Crippen LogP contribution in [-0.4, -0.2) is 49.8 Å². The van der Waals surface area contributed by atoms with E-state index in [1.54, 1.807) is 7.11 Å². The number of hydrogen-bond acceptors (Lipinski definition) is 3. The molecule has 2 aliphatic heterocycles. The number of carbonyl (C=O) groups excluding carboxylic acids is 1. The van der Waals surface area contributed by atoms with E-state index < -0.39 is 0 Å². The van der Waals surface area contributed by atoms with E-state index in [4.69, 9.17) is 9.47 Å². The Morgan fingerprint density at radius 3 is 3.13 bits per heavy atom. The van der Waals surface area contributed by atoms with Gasteiger partial charge in [0.15, 0.2) is 0 Å². The summed E-state index contributed by atoms with van der Waals surface area (Å²) in [5.74, 6) is 0.741. The number of amides is 1. The van der Waals surface area contributed by atoms with Gasteiger partial charge in [-0.3, -0.25) is 4.79 Å². The second-order valence-corrected chi connectivity index (χ2v) is 4.54. The summed E-state index contributed by atoms with van der Waals surface area (Å²) in [5.41, 5.74) is 0. The van der Waals surface area contributed by atoms with E-state index in [0.29, 0.717) is 12.0 Å². The Morgan fingerprint density at radius 1 is 1.60 bits per heavy atom. The fraction of sp³-hybridized carbons (Fsp3) is 0.909. The third-order valence-corrected chi connectivity index (χ3v) is 3.36. The first kappa shape index (κ1) is 10.9. The van der Waals surface area contributed by atoms with Crippen molar-refractivity contribution in [1.29, 1.82) is 0 Å². The first-order chi connectivity index (χ1) is 7.20. The zero-order valence-electron chi connectivity index (χ0n) is 9.44. The number of piperidine rings is 1. The number of carbonyl (C=O) groups is 1. The molecule has 1 amide bonds. The van der Waals surface area contributed by atoms with Crippen LogP contribution in [0.25, 0.3) is 0 Å². The van der Waals surface area contributed by atoms with E-state index >= 15 is 0 Å². The molecule has 3 atom stereocenters. The molecule has 15 heavy (non-hydrogen) atoms. The molecule has 2 saturated heterocycles. The smallest absolute Gasteiger partial charge is 0.248 e. The number of rotatable bonds is 2. The van der Waals surface area contributed by atoms with Crippen LogP contribution in [0.3, 0.4) is 0 Å². The lowest BCUT2D eigenvalue weighted by Gasteiger charge is -2.33. The topological polar surface area (TPSA) is 38.8 Å². The predicted octanol–water partition coefficient (Wildman–Crippen LogP) is 0.659. The first-order valence-electron chi connectivity index (χ1n) is 5.63.